The number of aromatic amines is 1. The number of rotatable bonds is 1. The van der Waals surface area contributed by atoms with Gasteiger partial charge in [-0.3, -0.25) is 14.3 Å². The number of aromatic nitrogens is 4. The normalized spacial score (nSPS) is 17.3. The van der Waals surface area contributed by atoms with Gasteiger partial charge in [-0.15, -0.1) is 0 Å². The van der Waals surface area contributed by atoms with Gasteiger partial charge in [0.1, 0.15) is 0 Å². The topological polar surface area (TPSA) is 75.9 Å². The predicted octanol–water partition coefficient (Wildman–Crippen LogP) is 1.86. The maximum Gasteiger partial charge on any atom is 0.329 e. The maximum absolute atomic E-state index is 12.3. The van der Waals surface area contributed by atoms with Crippen LogP contribution in [0.15, 0.2) is 33.9 Å². The number of anilines is 2. The zero-order chi connectivity index (χ0) is 17.0. The lowest BCUT2D eigenvalue weighted by molar-refractivity contribution is 0.458. The van der Waals surface area contributed by atoms with Crippen LogP contribution in [0.1, 0.15) is 6.92 Å². The molecule has 124 valence electrons. The van der Waals surface area contributed by atoms with Crippen LogP contribution in [-0.2, 0) is 13.6 Å². The van der Waals surface area contributed by atoms with E-state index in [1.807, 2.05) is 28.8 Å². The molecule has 0 saturated heterocycles. The van der Waals surface area contributed by atoms with Crippen molar-refractivity contribution in [2.75, 3.05) is 11.4 Å². The molecule has 1 aromatic carbocycles. The van der Waals surface area contributed by atoms with Crippen LogP contribution in [0.4, 0.5) is 11.6 Å². The standard InChI is InChI=1S/C16H16ClN5O2/c1-9-7-21(11-5-3-10(17)4-6-11)15-18-13-12(22(15)8-9)14(23)19-16(24)20(13)2/h3-6,9H,7-8H2,1-2H3,(H,19,23,24)/t9-/m1/s1. The molecule has 0 bridgehead atoms. The second-order valence-corrected chi connectivity index (χ2v) is 6.64. The highest BCUT2D eigenvalue weighted by molar-refractivity contribution is 6.30. The summed E-state index contributed by atoms with van der Waals surface area (Å²) >= 11 is 5.98. The van der Waals surface area contributed by atoms with E-state index in [2.05, 4.69) is 21.8 Å². The molecule has 0 aliphatic carbocycles. The van der Waals surface area contributed by atoms with Crippen molar-refractivity contribution in [3.05, 3.63) is 50.1 Å². The number of nitrogens with one attached hydrogen (secondary N) is 1. The van der Waals surface area contributed by atoms with Crippen molar-refractivity contribution < 1.29 is 0 Å². The predicted molar refractivity (Wildman–Crippen MR) is 93.2 cm³/mol. The molecule has 1 aliphatic heterocycles. The first kappa shape index (κ1) is 15.0. The Bertz CT molecular complexity index is 1050. The Hall–Kier alpha value is -2.54. The maximum atomic E-state index is 12.3. The largest absolute Gasteiger partial charge is 0.329 e. The van der Waals surface area contributed by atoms with Crippen LogP contribution in [-0.4, -0.2) is 25.6 Å². The Morgan fingerprint density at radius 1 is 1.21 bits per heavy atom. The van der Waals surface area contributed by atoms with Crippen molar-refractivity contribution in [3.63, 3.8) is 0 Å². The summed E-state index contributed by atoms with van der Waals surface area (Å²) in [5.74, 6) is 0.985. The van der Waals surface area contributed by atoms with Crippen molar-refractivity contribution in [2.24, 2.45) is 13.0 Å². The number of hydrogen-bond donors (Lipinski definition) is 1. The molecule has 0 spiro atoms. The molecule has 0 radical (unpaired) electrons. The quantitative estimate of drug-likeness (QED) is 0.730. The molecular formula is C16H16ClN5O2. The molecule has 3 heterocycles. The zero-order valence-corrected chi connectivity index (χ0v) is 14.0. The minimum absolute atomic E-state index is 0.321. The summed E-state index contributed by atoms with van der Waals surface area (Å²) in [6.45, 7) is 3.57. The molecular weight excluding hydrogens is 330 g/mol. The molecule has 4 rings (SSSR count). The van der Waals surface area contributed by atoms with Gasteiger partial charge in [0.05, 0.1) is 0 Å². The van der Waals surface area contributed by atoms with Gasteiger partial charge in [-0.25, -0.2) is 4.79 Å². The molecule has 2 aromatic heterocycles. The highest BCUT2D eigenvalue weighted by Gasteiger charge is 2.28. The number of aryl methyl sites for hydroxylation is 1. The Morgan fingerprint density at radius 3 is 2.62 bits per heavy atom. The number of nitrogens with zero attached hydrogens (tertiary/aromatic N) is 4. The molecule has 8 heteroatoms. The summed E-state index contributed by atoms with van der Waals surface area (Å²) in [7, 11) is 1.61. The van der Waals surface area contributed by atoms with Crippen molar-refractivity contribution in [1.29, 1.82) is 0 Å². The van der Waals surface area contributed by atoms with Crippen LogP contribution in [0.2, 0.25) is 5.02 Å². The van der Waals surface area contributed by atoms with Gasteiger partial charge in [-0.2, -0.15) is 4.98 Å². The molecule has 7 nitrogen and oxygen atoms in total. The smallest absolute Gasteiger partial charge is 0.312 e. The number of hydrogen-bond acceptors (Lipinski definition) is 4. The van der Waals surface area contributed by atoms with Crippen LogP contribution >= 0.6 is 11.6 Å². The zero-order valence-electron chi connectivity index (χ0n) is 13.3. The number of imidazole rings is 1. The monoisotopic (exact) mass is 345 g/mol. The fraction of sp³-hybridized carbons (Fsp3) is 0.312. The van der Waals surface area contributed by atoms with Gasteiger partial charge in [0.2, 0.25) is 5.95 Å². The lowest BCUT2D eigenvalue weighted by Gasteiger charge is -2.32. The van der Waals surface area contributed by atoms with E-state index in [1.165, 1.54) is 4.57 Å². The second-order valence-electron chi connectivity index (χ2n) is 6.21. The van der Waals surface area contributed by atoms with Crippen LogP contribution in [0, 0.1) is 5.92 Å². The Morgan fingerprint density at radius 2 is 1.92 bits per heavy atom. The summed E-state index contributed by atoms with van der Waals surface area (Å²) in [4.78, 5) is 33.2. The van der Waals surface area contributed by atoms with E-state index in [1.54, 1.807) is 7.05 Å². The molecule has 1 N–H and O–H groups in total. The molecule has 0 unspecified atom stereocenters. The number of benzene rings is 1. The van der Waals surface area contributed by atoms with E-state index >= 15 is 0 Å². The molecule has 1 aliphatic rings. The average Bonchev–Trinajstić information content (AvgIpc) is 2.92. The van der Waals surface area contributed by atoms with Gasteiger partial charge in [-0.05, 0) is 30.2 Å². The molecule has 24 heavy (non-hydrogen) atoms. The SMILES string of the molecule is C[C@@H]1CN(c2ccc(Cl)cc2)c2nc3c(c(=O)[nH]c(=O)n3C)n2C1. The highest BCUT2D eigenvalue weighted by atomic mass is 35.5. The molecule has 3 aromatic rings. The Labute approximate surface area is 142 Å². The lowest BCUT2D eigenvalue weighted by Crippen LogP contribution is -2.35. The van der Waals surface area contributed by atoms with Gasteiger partial charge >= 0.3 is 5.69 Å². The molecule has 0 saturated carbocycles. The van der Waals surface area contributed by atoms with Crippen molar-refractivity contribution in [3.8, 4) is 0 Å². The Kier molecular flexibility index (Phi) is 3.28. The van der Waals surface area contributed by atoms with E-state index in [-0.39, 0.29) is 0 Å². The molecule has 1 atom stereocenters. The van der Waals surface area contributed by atoms with E-state index in [4.69, 9.17) is 11.6 Å². The van der Waals surface area contributed by atoms with Crippen LogP contribution in [0.3, 0.4) is 0 Å². The van der Waals surface area contributed by atoms with E-state index in [9.17, 15) is 9.59 Å². The van der Waals surface area contributed by atoms with E-state index < -0.39 is 11.2 Å². The summed E-state index contributed by atoms with van der Waals surface area (Å²) < 4.78 is 3.25. The fourth-order valence-corrected chi connectivity index (χ4v) is 3.33. The molecule has 0 fully saturated rings. The van der Waals surface area contributed by atoms with Gasteiger partial charge < -0.3 is 9.47 Å². The minimum Gasteiger partial charge on any atom is -0.312 e. The molecule has 0 amide bonds. The van der Waals surface area contributed by atoms with E-state index in [0.717, 1.165) is 12.2 Å². The number of fused-ring (bicyclic) bond motifs is 3. The van der Waals surface area contributed by atoms with Crippen molar-refractivity contribution in [1.82, 2.24) is 19.1 Å². The average molecular weight is 346 g/mol. The van der Waals surface area contributed by atoms with Gasteiger partial charge in [-0.1, -0.05) is 18.5 Å². The van der Waals surface area contributed by atoms with E-state index in [0.29, 0.717) is 34.6 Å². The summed E-state index contributed by atoms with van der Waals surface area (Å²) in [5.41, 5.74) is 0.902. The third kappa shape index (κ3) is 2.16. The summed E-state index contributed by atoms with van der Waals surface area (Å²) in [6.07, 6.45) is 0. The van der Waals surface area contributed by atoms with Crippen LogP contribution < -0.4 is 16.1 Å². The lowest BCUT2D eigenvalue weighted by atomic mass is 10.1. The summed E-state index contributed by atoms with van der Waals surface area (Å²) in [6, 6.07) is 7.50. The number of halogens is 1. The highest BCUT2D eigenvalue weighted by Crippen LogP contribution is 2.33. The fourth-order valence-electron chi connectivity index (χ4n) is 3.21. The number of H-pyrrole nitrogens is 1. The second kappa shape index (κ2) is 5.24. The van der Waals surface area contributed by atoms with Crippen LogP contribution in [0.25, 0.3) is 11.2 Å². The van der Waals surface area contributed by atoms with Crippen LogP contribution in [0.5, 0.6) is 0 Å². The summed E-state index contributed by atoms with van der Waals surface area (Å²) in [5, 5.41) is 0.663. The first-order chi connectivity index (χ1) is 11.5. The minimum atomic E-state index is -0.464. The van der Waals surface area contributed by atoms with Gasteiger partial charge in [0.15, 0.2) is 11.2 Å². The first-order valence-corrected chi connectivity index (χ1v) is 8.06. The van der Waals surface area contributed by atoms with Gasteiger partial charge in [0, 0.05) is 30.8 Å². The first-order valence-electron chi connectivity index (χ1n) is 7.68. The Balaban J connectivity index is 2.00. The third-order valence-electron chi connectivity index (χ3n) is 4.36. The van der Waals surface area contributed by atoms with Crippen molar-refractivity contribution in [2.45, 2.75) is 13.5 Å². The van der Waals surface area contributed by atoms with Gasteiger partial charge in [0.25, 0.3) is 5.56 Å². The third-order valence-corrected chi connectivity index (χ3v) is 4.61. The van der Waals surface area contributed by atoms with Crippen molar-refractivity contribution >= 4 is 34.4 Å².